The lowest BCUT2D eigenvalue weighted by molar-refractivity contribution is -0.134. The van der Waals surface area contributed by atoms with Crippen LogP contribution in [0.1, 0.15) is 46.8 Å². The number of aromatic carboxylic acids is 1. The van der Waals surface area contributed by atoms with Crippen LogP contribution < -0.4 is 9.47 Å². The first-order valence-corrected chi connectivity index (χ1v) is 10.8. The van der Waals surface area contributed by atoms with Crippen LogP contribution in [0.2, 0.25) is 0 Å². The number of rotatable bonds is 10. The Bertz CT molecular complexity index is 1090. The zero-order chi connectivity index (χ0) is 23.8. The molecule has 1 N–H and O–H groups in total. The van der Waals surface area contributed by atoms with E-state index < -0.39 is 5.97 Å². The van der Waals surface area contributed by atoms with E-state index in [-0.39, 0.29) is 29.7 Å². The van der Waals surface area contributed by atoms with Gasteiger partial charge >= 0.3 is 5.97 Å². The fourth-order valence-corrected chi connectivity index (χ4v) is 3.46. The van der Waals surface area contributed by atoms with Crippen LogP contribution >= 0.6 is 0 Å². The van der Waals surface area contributed by atoms with Crippen molar-refractivity contribution in [3.8, 4) is 11.5 Å². The van der Waals surface area contributed by atoms with E-state index in [1.54, 1.807) is 24.1 Å². The van der Waals surface area contributed by atoms with Gasteiger partial charge in [0.1, 0.15) is 17.1 Å². The molecule has 0 aliphatic carbocycles. The normalized spacial score (nSPS) is 10.7. The SMILES string of the molecule is COc1cccc(CN(Cc2ccccc2)C(=O)COc2ccc(C(C)C)cc2C(=O)O)c1. The zero-order valence-corrected chi connectivity index (χ0v) is 19.2. The summed E-state index contributed by atoms with van der Waals surface area (Å²) in [6.07, 6.45) is 0. The number of carboxylic acid groups (broad SMARTS) is 1. The maximum atomic E-state index is 13.2. The highest BCUT2D eigenvalue weighted by Gasteiger charge is 2.19. The molecule has 0 heterocycles. The Kier molecular flexibility index (Phi) is 8.08. The second-order valence-electron chi connectivity index (χ2n) is 8.09. The molecule has 6 nitrogen and oxygen atoms in total. The van der Waals surface area contributed by atoms with Crippen molar-refractivity contribution in [1.29, 1.82) is 0 Å². The van der Waals surface area contributed by atoms with Crippen molar-refractivity contribution in [2.75, 3.05) is 13.7 Å². The molecule has 1 amide bonds. The number of hydrogen-bond acceptors (Lipinski definition) is 4. The summed E-state index contributed by atoms with van der Waals surface area (Å²) in [6, 6.07) is 22.3. The second kappa shape index (κ2) is 11.2. The van der Waals surface area contributed by atoms with Gasteiger partial charge in [0.05, 0.1) is 7.11 Å². The predicted octanol–water partition coefficient (Wildman–Crippen LogP) is 5.12. The van der Waals surface area contributed by atoms with E-state index in [9.17, 15) is 14.7 Å². The summed E-state index contributed by atoms with van der Waals surface area (Å²) in [5, 5.41) is 9.60. The predicted molar refractivity (Wildman–Crippen MR) is 127 cm³/mol. The van der Waals surface area contributed by atoms with Crippen molar-refractivity contribution in [2.24, 2.45) is 0 Å². The summed E-state index contributed by atoms with van der Waals surface area (Å²) < 4.78 is 11.0. The van der Waals surface area contributed by atoms with Crippen LogP contribution in [0, 0.1) is 0 Å². The zero-order valence-electron chi connectivity index (χ0n) is 19.2. The summed E-state index contributed by atoms with van der Waals surface area (Å²) in [5.74, 6) is -0.250. The maximum Gasteiger partial charge on any atom is 0.339 e. The summed E-state index contributed by atoms with van der Waals surface area (Å²) in [5.41, 5.74) is 2.86. The van der Waals surface area contributed by atoms with Gasteiger partial charge in [-0.15, -0.1) is 0 Å². The average Bonchev–Trinajstić information content (AvgIpc) is 2.82. The third-order valence-corrected chi connectivity index (χ3v) is 5.33. The number of carbonyl (C=O) groups is 2. The lowest BCUT2D eigenvalue weighted by atomic mass is 10.0. The second-order valence-corrected chi connectivity index (χ2v) is 8.09. The van der Waals surface area contributed by atoms with Crippen LogP contribution in [0.25, 0.3) is 0 Å². The standard InChI is InChI=1S/C27H29NO5/c1-19(2)22-12-13-25(24(15-22)27(30)31)33-18-26(29)28(16-20-8-5-4-6-9-20)17-21-10-7-11-23(14-21)32-3/h4-15,19H,16-18H2,1-3H3,(H,30,31). The van der Waals surface area contributed by atoms with Gasteiger partial charge in [-0.2, -0.15) is 0 Å². The van der Waals surface area contributed by atoms with E-state index in [0.717, 1.165) is 16.7 Å². The molecule has 0 saturated heterocycles. The van der Waals surface area contributed by atoms with E-state index in [1.807, 2.05) is 74.5 Å². The molecule has 0 spiro atoms. The summed E-state index contributed by atoms with van der Waals surface area (Å²) >= 11 is 0. The molecule has 0 radical (unpaired) electrons. The van der Waals surface area contributed by atoms with Gasteiger partial charge in [-0.1, -0.05) is 62.4 Å². The van der Waals surface area contributed by atoms with Crippen molar-refractivity contribution in [3.63, 3.8) is 0 Å². The lowest BCUT2D eigenvalue weighted by Crippen LogP contribution is -2.34. The summed E-state index contributed by atoms with van der Waals surface area (Å²) in [6.45, 7) is 4.49. The lowest BCUT2D eigenvalue weighted by Gasteiger charge is -2.24. The first kappa shape index (κ1) is 23.9. The smallest absolute Gasteiger partial charge is 0.339 e. The maximum absolute atomic E-state index is 13.2. The molecule has 0 unspecified atom stereocenters. The number of carboxylic acids is 1. The van der Waals surface area contributed by atoms with E-state index in [1.165, 1.54) is 0 Å². The summed E-state index contributed by atoms with van der Waals surface area (Å²) in [7, 11) is 1.60. The van der Waals surface area contributed by atoms with E-state index in [4.69, 9.17) is 9.47 Å². The first-order valence-electron chi connectivity index (χ1n) is 10.8. The van der Waals surface area contributed by atoms with Gasteiger partial charge in [0.15, 0.2) is 6.61 Å². The van der Waals surface area contributed by atoms with Gasteiger partial charge < -0.3 is 19.5 Å². The fourth-order valence-electron chi connectivity index (χ4n) is 3.46. The topological polar surface area (TPSA) is 76.1 Å². The van der Waals surface area contributed by atoms with Gasteiger partial charge in [-0.3, -0.25) is 4.79 Å². The van der Waals surface area contributed by atoms with Crippen molar-refractivity contribution in [3.05, 3.63) is 95.1 Å². The molecule has 0 atom stereocenters. The fraction of sp³-hybridized carbons (Fsp3) is 0.259. The largest absolute Gasteiger partial charge is 0.497 e. The Balaban J connectivity index is 1.79. The van der Waals surface area contributed by atoms with E-state index in [0.29, 0.717) is 18.8 Å². The molecule has 3 aromatic rings. The molecular weight excluding hydrogens is 418 g/mol. The monoisotopic (exact) mass is 447 g/mol. The van der Waals surface area contributed by atoms with Crippen molar-refractivity contribution < 1.29 is 24.2 Å². The molecule has 172 valence electrons. The van der Waals surface area contributed by atoms with E-state index >= 15 is 0 Å². The molecular formula is C27H29NO5. The van der Waals surface area contributed by atoms with Gasteiger partial charge in [0, 0.05) is 13.1 Å². The number of amides is 1. The average molecular weight is 448 g/mol. The number of hydrogen-bond donors (Lipinski definition) is 1. The van der Waals surface area contributed by atoms with Crippen LogP contribution in [0.4, 0.5) is 0 Å². The van der Waals surface area contributed by atoms with Gasteiger partial charge in [0.25, 0.3) is 5.91 Å². The molecule has 0 fully saturated rings. The molecule has 6 heteroatoms. The number of nitrogens with zero attached hydrogens (tertiary/aromatic N) is 1. The van der Waals surface area contributed by atoms with Crippen LogP contribution in [0.3, 0.4) is 0 Å². The van der Waals surface area contributed by atoms with E-state index in [2.05, 4.69) is 0 Å². The van der Waals surface area contributed by atoms with Gasteiger partial charge in [-0.05, 0) is 46.9 Å². The first-order chi connectivity index (χ1) is 15.9. The number of methoxy groups -OCH3 is 1. The van der Waals surface area contributed by atoms with Gasteiger partial charge in [-0.25, -0.2) is 4.79 Å². The number of ether oxygens (including phenoxy) is 2. The Morgan fingerprint density at radius 3 is 2.27 bits per heavy atom. The third kappa shape index (κ3) is 6.59. The minimum atomic E-state index is -1.09. The molecule has 0 bridgehead atoms. The van der Waals surface area contributed by atoms with Crippen molar-refractivity contribution in [2.45, 2.75) is 32.9 Å². The molecule has 0 aliphatic rings. The minimum Gasteiger partial charge on any atom is -0.497 e. The molecule has 33 heavy (non-hydrogen) atoms. The number of benzene rings is 3. The van der Waals surface area contributed by atoms with Crippen molar-refractivity contribution in [1.82, 2.24) is 4.90 Å². The molecule has 0 saturated carbocycles. The van der Waals surface area contributed by atoms with Crippen LogP contribution in [-0.2, 0) is 17.9 Å². The highest BCUT2D eigenvalue weighted by molar-refractivity contribution is 5.91. The Labute approximate surface area is 194 Å². The molecule has 0 aromatic heterocycles. The van der Waals surface area contributed by atoms with Crippen LogP contribution in [-0.4, -0.2) is 35.6 Å². The Morgan fingerprint density at radius 2 is 1.61 bits per heavy atom. The molecule has 0 aliphatic heterocycles. The Morgan fingerprint density at radius 1 is 0.909 bits per heavy atom. The third-order valence-electron chi connectivity index (χ3n) is 5.33. The quantitative estimate of drug-likeness (QED) is 0.467. The highest BCUT2D eigenvalue weighted by atomic mass is 16.5. The van der Waals surface area contributed by atoms with Crippen molar-refractivity contribution >= 4 is 11.9 Å². The van der Waals surface area contributed by atoms with Crippen LogP contribution in [0.5, 0.6) is 11.5 Å². The minimum absolute atomic E-state index is 0.0522. The van der Waals surface area contributed by atoms with Gasteiger partial charge in [0.2, 0.25) is 0 Å². The number of carbonyl (C=O) groups excluding carboxylic acids is 1. The Hall–Kier alpha value is -3.80. The highest BCUT2D eigenvalue weighted by Crippen LogP contribution is 2.25. The summed E-state index contributed by atoms with van der Waals surface area (Å²) in [4.78, 5) is 26.6. The molecule has 3 aromatic carbocycles. The molecule has 3 rings (SSSR count). The van der Waals surface area contributed by atoms with Crippen LogP contribution in [0.15, 0.2) is 72.8 Å².